The van der Waals surface area contributed by atoms with Crippen molar-refractivity contribution in [2.45, 2.75) is 13.0 Å². The van der Waals surface area contributed by atoms with Gasteiger partial charge in [-0.3, -0.25) is 4.90 Å². The summed E-state index contributed by atoms with van der Waals surface area (Å²) < 4.78 is 2.50. The molecule has 4 heteroatoms. The van der Waals surface area contributed by atoms with Crippen molar-refractivity contribution in [2.24, 2.45) is 0 Å². The number of piperazine rings is 2. The smallest absolute Gasteiger partial charge is 0.0360 e. The molecule has 0 radical (unpaired) electrons. The summed E-state index contributed by atoms with van der Waals surface area (Å²) in [6.45, 7) is 11.1. The first-order valence-electron chi connectivity index (χ1n) is 5.59. The minimum Gasteiger partial charge on any atom is -0.301 e. The van der Waals surface area contributed by atoms with E-state index in [0.717, 1.165) is 6.04 Å². The third-order valence-electron chi connectivity index (χ3n) is 3.45. The van der Waals surface area contributed by atoms with Crippen LogP contribution in [0.1, 0.15) is 6.92 Å². The molecule has 0 aromatic heterocycles. The summed E-state index contributed by atoms with van der Waals surface area (Å²) in [7, 11) is 0. The van der Waals surface area contributed by atoms with Gasteiger partial charge in [0.15, 0.2) is 0 Å². The van der Waals surface area contributed by atoms with Gasteiger partial charge >= 0.3 is 0 Å². The number of rotatable bonds is 2. The molecule has 0 unspecified atom stereocenters. The average molecular weight is 215 g/mol. The fourth-order valence-corrected chi connectivity index (χ4v) is 3.03. The molecular formula is C10H21N3S. The molecule has 2 aliphatic heterocycles. The van der Waals surface area contributed by atoms with E-state index in [2.05, 4.69) is 27.3 Å². The summed E-state index contributed by atoms with van der Waals surface area (Å²) >= 11 is 1.90. The van der Waals surface area contributed by atoms with Gasteiger partial charge in [-0.05, 0) is 12.8 Å². The SMILES string of the molecule is CCN1CCN2CCN(SC)C[C@@H]2C1. The third-order valence-corrected chi connectivity index (χ3v) is 4.29. The van der Waals surface area contributed by atoms with Gasteiger partial charge in [-0.15, -0.1) is 0 Å². The van der Waals surface area contributed by atoms with Gasteiger partial charge in [0, 0.05) is 45.3 Å². The lowest BCUT2D eigenvalue weighted by Gasteiger charge is -2.46. The van der Waals surface area contributed by atoms with Crippen LogP contribution in [0.4, 0.5) is 0 Å². The first-order valence-corrected chi connectivity index (χ1v) is 6.77. The van der Waals surface area contributed by atoms with E-state index in [1.165, 1.54) is 45.8 Å². The van der Waals surface area contributed by atoms with Crippen molar-refractivity contribution in [3.63, 3.8) is 0 Å². The Kier molecular flexibility index (Phi) is 3.71. The lowest BCUT2D eigenvalue weighted by atomic mass is 10.1. The molecule has 0 amide bonds. The summed E-state index contributed by atoms with van der Waals surface area (Å²) in [4.78, 5) is 5.24. The quantitative estimate of drug-likeness (QED) is 0.623. The summed E-state index contributed by atoms with van der Waals surface area (Å²) in [5.74, 6) is 0. The zero-order valence-corrected chi connectivity index (χ0v) is 10.1. The van der Waals surface area contributed by atoms with Gasteiger partial charge in [0.05, 0.1) is 0 Å². The first kappa shape index (κ1) is 10.7. The molecule has 0 aliphatic carbocycles. The van der Waals surface area contributed by atoms with E-state index in [0.29, 0.717) is 0 Å². The van der Waals surface area contributed by atoms with Crippen molar-refractivity contribution < 1.29 is 0 Å². The van der Waals surface area contributed by atoms with Crippen LogP contribution in [0.2, 0.25) is 0 Å². The van der Waals surface area contributed by atoms with Crippen LogP contribution in [0.5, 0.6) is 0 Å². The van der Waals surface area contributed by atoms with E-state index < -0.39 is 0 Å². The molecule has 82 valence electrons. The van der Waals surface area contributed by atoms with Crippen molar-refractivity contribution >= 4 is 11.9 Å². The second-order valence-electron chi connectivity index (χ2n) is 4.15. The molecule has 3 nitrogen and oxygen atoms in total. The monoisotopic (exact) mass is 215 g/mol. The predicted octanol–water partition coefficient (Wildman–Crippen LogP) is 0.586. The molecule has 2 fully saturated rings. The number of likely N-dealkylation sites (N-methyl/N-ethyl adjacent to an activating group) is 1. The van der Waals surface area contributed by atoms with Gasteiger partial charge in [-0.2, -0.15) is 0 Å². The van der Waals surface area contributed by atoms with E-state index in [9.17, 15) is 0 Å². The van der Waals surface area contributed by atoms with E-state index in [4.69, 9.17) is 0 Å². The van der Waals surface area contributed by atoms with Crippen molar-refractivity contribution in [3.05, 3.63) is 0 Å². The van der Waals surface area contributed by atoms with Crippen molar-refractivity contribution in [2.75, 3.05) is 52.1 Å². The van der Waals surface area contributed by atoms with Crippen LogP contribution in [0.15, 0.2) is 0 Å². The predicted molar refractivity (Wildman–Crippen MR) is 62.6 cm³/mol. The van der Waals surface area contributed by atoms with E-state index in [1.54, 1.807) is 0 Å². The molecule has 14 heavy (non-hydrogen) atoms. The molecule has 2 rings (SSSR count). The normalized spacial score (nSPS) is 31.7. The first-order chi connectivity index (χ1) is 6.83. The van der Waals surface area contributed by atoms with Crippen LogP contribution in [0.25, 0.3) is 0 Å². The van der Waals surface area contributed by atoms with Gasteiger partial charge in [0.1, 0.15) is 0 Å². The van der Waals surface area contributed by atoms with Crippen LogP contribution >= 0.6 is 11.9 Å². The number of fused-ring (bicyclic) bond motifs is 1. The van der Waals surface area contributed by atoms with E-state index in [-0.39, 0.29) is 0 Å². The van der Waals surface area contributed by atoms with Gasteiger partial charge < -0.3 is 4.90 Å². The highest BCUT2D eigenvalue weighted by atomic mass is 32.2. The highest BCUT2D eigenvalue weighted by molar-refractivity contribution is 7.96. The minimum atomic E-state index is 0.782. The highest BCUT2D eigenvalue weighted by Gasteiger charge is 2.31. The summed E-state index contributed by atoms with van der Waals surface area (Å²) in [5, 5.41) is 0. The Labute approximate surface area is 91.6 Å². The van der Waals surface area contributed by atoms with E-state index in [1.807, 2.05) is 11.9 Å². The molecule has 2 heterocycles. The van der Waals surface area contributed by atoms with Crippen LogP contribution in [0, 0.1) is 0 Å². The fraction of sp³-hybridized carbons (Fsp3) is 1.00. The maximum absolute atomic E-state index is 2.67. The Morgan fingerprint density at radius 3 is 2.64 bits per heavy atom. The van der Waals surface area contributed by atoms with Gasteiger partial charge in [0.2, 0.25) is 0 Å². The molecule has 1 atom stereocenters. The maximum Gasteiger partial charge on any atom is 0.0360 e. The topological polar surface area (TPSA) is 9.72 Å². The molecule has 0 saturated carbocycles. The number of nitrogens with zero attached hydrogens (tertiary/aromatic N) is 3. The average Bonchev–Trinajstić information content (AvgIpc) is 2.27. The lowest BCUT2D eigenvalue weighted by molar-refractivity contribution is 0.0407. The molecular weight excluding hydrogens is 194 g/mol. The third kappa shape index (κ3) is 2.24. The van der Waals surface area contributed by atoms with Crippen LogP contribution in [-0.2, 0) is 0 Å². The van der Waals surface area contributed by atoms with Crippen LogP contribution in [-0.4, -0.2) is 72.2 Å². The summed E-state index contributed by atoms with van der Waals surface area (Å²) in [5.41, 5.74) is 0. The maximum atomic E-state index is 2.67. The second kappa shape index (κ2) is 4.84. The summed E-state index contributed by atoms with van der Waals surface area (Å²) in [6.07, 6.45) is 2.19. The molecule has 0 aromatic carbocycles. The summed E-state index contributed by atoms with van der Waals surface area (Å²) in [6, 6.07) is 0.782. The standard InChI is InChI=1S/C10H21N3S/c1-3-11-4-5-12-6-7-13(14-2)9-10(12)8-11/h10H,3-9H2,1-2H3/t10-/m0/s1. The van der Waals surface area contributed by atoms with E-state index >= 15 is 0 Å². The zero-order valence-electron chi connectivity index (χ0n) is 9.28. The lowest BCUT2D eigenvalue weighted by Crippen LogP contribution is -2.60. The Morgan fingerprint density at radius 1 is 1.14 bits per heavy atom. The van der Waals surface area contributed by atoms with Crippen molar-refractivity contribution in [1.82, 2.24) is 14.1 Å². The molecule has 0 bridgehead atoms. The highest BCUT2D eigenvalue weighted by Crippen LogP contribution is 2.18. The Bertz CT molecular complexity index is 170. The van der Waals surface area contributed by atoms with Crippen LogP contribution < -0.4 is 0 Å². The van der Waals surface area contributed by atoms with Crippen molar-refractivity contribution in [1.29, 1.82) is 0 Å². The molecule has 0 spiro atoms. The largest absolute Gasteiger partial charge is 0.301 e. The Balaban J connectivity index is 1.90. The van der Waals surface area contributed by atoms with Gasteiger partial charge in [0.25, 0.3) is 0 Å². The number of hydrogen-bond donors (Lipinski definition) is 0. The zero-order chi connectivity index (χ0) is 9.97. The minimum absolute atomic E-state index is 0.782. The fourth-order valence-electron chi connectivity index (χ4n) is 2.44. The molecule has 0 aromatic rings. The Morgan fingerprint density at radius 2 is 1.93 bits per heavy atom. The Hall–Kier alpha value is 0.230. The van der Waals surface area contributed by atoms with Crippen molar-refractivity contribution in [3.8, 4) is 0 Å². The van der Waals surface area contributed by atoms with Gasteiger partial charge in [-0.25, -0.2) is 4.31 Å². The number of hydrogen-bond acceptors (Lipinski definition) is 4. The van der Waals surface area contributed by atoms with Crippen LogP contribution in [0.3, 0.4) is 0 Å². The molecule has 0 N–H and O–H groups in total. The molecule has 2 aliphatic rings. The second-order valence-corrected chi connectivity index (χ2v) is 5.04. The van der Waals surface area contributed by atoms with Gasteiger partial charge in [-0.1, -0.05) is 18.9 Å². The molecule has 2 saturated heterocycles.